The van der Waals surface area contributed by atoms with Crippen LogP contribution in [0, 0.1) is 12.8 Å². The van der Waals surface area contributed by atoms with Crippen LogP contribution in [0.15, 0.2) is 0 Å². The molecule has 1 aromatic heterocycles. The minimum absolute atomic E-state index is 0.617. The van der Waals surface area contributed by atoms with Crippen LogP contribution < -0.4 is 5.73 Å². The van der Waals surface area contributed by atoms with E-state index < -0.39 is 0 Å². The molecule has 0 radical (unpaired) electrons. The summed E-state index contributed by atoms with van der Waals surface area (Å²) >= 11 is 0. The smallest absolute Gasteiger partial charge is 0.127 e. The van der Waals surface area contributed by atoms with Crippen LogP contribution in [0.1, 0.15) is 57.0 Å². The Labute approximate surface area is 98.1 Å². The number of nitrogens with two attached hydrogens (primary N) is 1. The molecule has 0 atom stereocenters. The Hall–Kier alpha value is -0.990. The molecule has 0 saturated heterocycles. The van der Waals surface area contributed by atoms with E-state index in [4.69, 9.17) is 5.73 Å². The number of anilines is 1. The van der Waals surface area contributed by atoms with Crippen molar-refractivity contribution in [2.45, 2.75) is 58.9 Å². The third-order valence-electron chi connectivity index (χ3n) is 3.52. The summed E-state index contributed by atoms with van der Waals surface area (Å²) in [6, 6.07) is 0. The van der Waals surface area contributed by atoms with Crippen molar-refractivity contribution >= 4 is 5.82 Å². The first kappa shape index (κ1) is 11.5. The van der Waals surface area contributed by atoms with E-state index in [1.165, 1.54) is 25.7 Å². The van der Waals surface area contributed by atoms with Gasteiger partial charge in [-0.2, -0.15) is 0 Å². The number of aromatic nitrogens is 2. The predicted molar refractivity (Wildman–Crippen MR) is 67.4 cm³/mol. The first-order valence-corrected chi connectivity index (χ1v) is 6.42. The Morgan fingerprint density at radius 1 is 1.38 bits per heavy atom. The fraction of sp³-hybridized carbons (Fsp3) is 0.769. The Bertz CT molecular complexity index is 359. The highest BCUT2D eigenvalue weighted by atomic mass is 15.1. The minimum Gasteiger partial charge on any atom is -0.384 e. The molecule has 1 aliphatic rings. The molecule has 3 nitrogen and oxygen atoms in total. The van der Waals surface area contributed by atoms with E-state index in [0.717, 1.165) is 23.9 Å². The van der Waals surface area contributed by atoms with E-state index in [0.29, 0.717) is 11.8 Å². The third kappa shape index (κ3) is 2.08. The molecule has 2 rings (SSSR count). The highest BCUT2D eigenvalue weighted by molar-refractivity contribution is 5.40. The monoisotopic (exact) mass is 221 g/mol. The number of hydrogen-bond acceptors (Lipinski definition) is 2. The van der Waals surface area contributed by atoms with Crippen LogP contribution in [-0.4, -0.2) is 9.55 Å². The van der Waals surface area contributed by atoms with Crippen molar-refractivity contribution in [2.24, 2.45) is 5.92 Å². The number of hydrogen-bond donors (Lipinski definition) is 1. The standard InChI is InChI=1S/C13H23N3/c1-9(2)8-16-10(3)15-12(13(16)14)11-6-4-5-7-11/h9,11H,4-8,14H2,1-3H3. The number of nitrogen functional groups attached to an aromatic ring is 1. The Morgan fingerprint density at radius 3 is 2.56 bits per heavy atom. The van der Waals surface area contributed by atoms with Gasteiger partial charge in [0.1, 0.15) is 11.6 Å². The SMILES string of the molecule is Cc1nc(C2CCCC2)c(N)n1CC(C)C. The predicted octanol–water partition coefficient (Wildman–Crippen LogP) is 3.09. The summed E-state index contributed by atoms with van der Waals surface area (Å²) < 4.78 is 2.18. The summed E-state index contributed by atoms with van der Waals surface area (Å²) in [6.45, 7) is 7.48. The van der Waals surface area contributed by atoms with Crippen molar-refractivity contribution in [3.63, 3.8) is 0 Å². The summed E-state index contributed by atoms with van der Waals surface area (Å²) in [6.07, 6.45) is 5.20. The summed E-state index contributed by atoms with van der Waals surface area (Å²) in [5, 5.41) is 0. The largest absolute Gasteiger partial charge is 0.384 e. The van der Waals surface area contributed by atoms with Crippen LogP contribution in [0.25, 0.3) is 0 Å². The highest BCUT2D eigenvalue weighted by Gasteiger charge is 2.24. The number of rotatable bonds is 3. The van der Waals surface area contributed by atoms with Gasteiger partial charge in [0.15, 0.2) is 0 Å². The highest BCUT2D eigenvalue weighted by Crippen LogP contribution is 2.36. The van der Waals surface area contributed by atoms with Gasteiger partial charge in [0.05, 0.1) is 5.69 Å². The molecule has 2 N–H and O–H groups in total. The molecule has 1 fully saturated rings. The zero-order chi connectivity index (χ0) is 11.7. The second-order valence-electron chi connectivity index (χ2n) is 5.42. The normalized spacial score (nSPS) is 17.5. The fourth-order valence-corrected chi connectivity index (χ4v) is 2.70. The average molecular weight is 221 g/mol. The van der Waals surface area contributed by atoms with Crippen LogP contribution in [0.3, 0.4) is 0 Å². The lowest BCUT2D eigenvalue weighted by molar-refractivity contribution is 0.518. The third-order valence-corrected chi connectivity index (χ3v) is 3.52. The van der Waals surface area contributed by atoms with Crippen molar-refractivity contribution in [1.82, 2.24) is 9.55 Å². The van der Waals surface area contributed by atoms with Crippen LogP contribution in [0.2, 0.25) is 0 Å². The van der Waals surface area contributed by atoms with E-state index in [1.54, 1.807) is 0 Å². The zero-order valence-corrected chi connectivity index (χ0v) is 10.7. The second-order valence-corrected chi connectivity index (χ2v) is 5.42. The Balaban J connectivity index is 2.26. The number of imidazole rings is 1. The molecule has 0 spiro atoms. The quantitative estimate of drug-likeness (QED) is 0.852. The van der Waals surface area contributed by atoms with Gasteiger partial charge in [0, 0.05) is 12.5 Å². The van der Waals surface area contributed by atoms with Gasteiger partial charge < -0.3 is 10.3 Å². The number of aryl methyl sites for hydroxylation is 1. The summed E-state index contributed by atoms with van der Waals surface area (Å²) in [4.78, 5) is 4.68. The van der Waals surface area contributed by atoms with Gasteiger partial charge in [-0.15, -0.1) is 0 Å². The molecular weight excluding hydrogens is 198 g/mol. The van der Waals surface area contributed by atoms with Crippen molar-refractivity contribution in [3.8, 4) is 0 Å². The molecule has 16 heavy (non-hydrogen) atoms. The lowest BCUT2D eigenvalue weighted by Gasteiger charge is -2.11. The molecule has 0 aromatic carbocycles. The molecule has 3 heteroatoms. The molecule has 1 saturated carbocycles. The first-order chi connectivity index (χ1) is 7.59. The van der Waals surface area contributed by atoms with E-state index in [1.807, 2.05) is 0 Å². The minimum atomic E-state index is 0.617. The van der Waals surface area contributed by atoms with Gasteiger partial charge in [0.2, 0.25) is 0 Å². The summed E-state index contributed by atoms with van der Waals surface area (Å²) in [7, 11) is 0. The zero-order valence-electron chi connectivity index (χ0n) is 10.7. The molecule has 1 aliphatic carbocycles. The maximum atomic E-state index is 6.23. The molecule has 0 bridgehead atoms. The van der Waals surface area contributed by atoms with E-state index in [9.17, 15) is 0 Å². The maximum absolute atomic E-state index is 6.23. The molecule has 1 aromatic rings. The van der Waals surface area contributed by atoms with Gasteiger partial charge in [-0.3, -0.25) is 0 Å². The van der Waals surface area contributed by atoms with Gasteiger partial charge in [0.25, 0.3) is 0 Å². The first-order valence-electron chi connectivity index (χ1n) is 6.42. The van der Waals surface area contributed by atoms with Gasteiger partial charge in [-0.25, -0.2) is 4.98 Å². The Kier molecular flexibility index (Phi) is 3.22. The molecule has 0 unspecified atom stereocenters. The molecule has 1 heterocycles. The van der Waals surface area contributed by atoms with Gasteiger partial charge >= 0.3 is 0 Å². The van der Waals surface area contributed by atoms with E-state index in [-0.39, 0.29) is 0 Å². The summed E-state index contributed by atoms with van der Waals surface area (Å²) in [5.41, 5.74) is 7.40. The lowest BCUT2D eigenvalue weighted by atomic mass is 10.0. The molecule has 0 aliphatic heterocycles. The van der Waals surface area contributed by atoms with Crippen molar-refractivity contribution in [1.29, 1.82) is 0 Å². The van der Waals surface area contributed by atoms with Crippen LogP contribution in [0.4, 0.5) is 5.82 Å². The number of nitrogens with zero attached hydrogens (tertiary/aromatic N) is 2. The van der Waals surface area contributed by atoms with Crippen LogP contribution >= 0.6 is 0 Å². The molecule has 0 amide bonds. The topological polar surface area (TPSA) is 43.8 Å². The second kappa shape index (κ2) is 4.48. The molecule has 90 valence electrons. The fourth-order valence-electron chi connectivity index (χ4n) is 2.70. The van der Waals surface area contributed by atoms with E-state index >= 15 is 0 Å². The van der Waals surface area contributed by atoms with Crippen molar-refractivity contribution in [3.05, 3.63) is 11.5 Å². The Morgan fingerprint density at radius 2 is 2.00 bits per heavy atom. The van der Waals surface area contributed by atoms with Gasteiger partial charge in [-0.05, 0) is 25.7 Å². The molecular formula is C13H23N3. The lowest BCUT2D eigenvalue weighted by Crippen LogP contribution is -2.10. The summed E-state index contributed by atoms with van der Waals surface area (Å²) in [5.74, 6) is 3.23. The maximum Gasteiger partial charge on any atom is 0.127 e. The average Bonchev–Trinajstić information content (AvgIpc) is 2.80. The van der Waals surface area contributed by atoms with Crippen molar-refractivity contribution in [2.75, 3.05) is 5.73 Å². The van der Waals surface area contributed by atoms with Gasteiger partial charge in [-0.1, -0.05) is 26.7 Å². The van der Waals surface area contributed by atoms with Crippen LogP contribution in [0.5, 0.6) is 0 Å². The van der Waals surface area contributed by atoms with Crippen LogP contribution in [-0.2, 0) is 6.54 Å². The van der Waals surface area contributed by atoms with E-state index in [2.05, 4.69) is 30.3 Å². The van der Waals surface area contributed by atoms with Crippen molar-refractivity contribution < 1.29 is 0 Å².